The quantitative estimate of drug-likeness (QED) is 0.544. The van der Waals surface area contributed by atoms with Crippen molar-refractivity contribution in [2.45, 2.75) is 85.0 Å². The first-order chi connectivity index (χ1) is 10.6. The van der Waals surface area contributed by atoms with Gasteiger partial charge in [-0.3, -0.25) is 4.79 Å². The second-order valence-corrected chi connectivity index (χ2v) is 6.30. The maximum absolute atomic E-state index is 11.9. The van der Waals surface area contributed by atoms with Crippen LogP contribution in [0.4, 0.5) is 5.82 Å². The van der Waals surface area contributed by atoms with E-state index in [1.165, 1.54) is 44.9 Å². The van der Waals surface area contributed by atoms with Crippen LogP contribution in [0.25, 0.3) is 0 Å². The summed E-state index contributed by atoms with van der Waals surface area (Å²) in [6, 6.07) is 3.93. The van der Waals surface area contributed by atoms with Crippen molar-refractivity contribution in [2.75, 3.05) is 5.32 Å². The number of pyridine rings is 1. The molecule has 3 heteroatoms. The fraction of sp³-hybridized carbons (Fsp3) is 0.684. The van der Waals surface area contributed by atoms with Crippen LogP contribution in [0.1, 0.15) is 82.4 Å². The van der Waals surface area contributed by atoms with Crippen LogP contribution in [0.3, 0.4) is 0 Å². The molecule has 0 fully saturated rings. The Balaban J connectivity index is 2.06. The van der Waals surface area contributed by atoms with E-state index in [1.54, 1.807) is 0 Å². The van der Waals surface area contributed by atoms with Gasteiger partial charge in [-0.05, 0) is 38.0 Å². The smallest absolute Gasteiger partial charge is 0.225 e. The predicted octanol–water partition coefficient (Wildman–Crippen LogP) is 5.56. The summed E-state index contributed by atoms with van der Waals surface area (Å²) in [5, 5.41) is 2.90. The van der Waals surface area contributed by atoms with Gasteiger partial charge in [-0.1, -0.05) is 58.3 Å². The van der Waals surface area contributed by atoms with Crippen LogP contribution >= 0.6 is 0 Å². The fourth-order valence-electron chi connectivity index (χ4n) is 2.71. The molecule has 1 rings (SSSR count). The molecule has 1 heterocycles. The fourth-order valence-corrected chi connectivity index (χ4v) is 2.71. The molecule has 0 unspecified atom stereocenters. The lowest BCUT2D eigenvalue weighted by Crippen LogP contribution is -2.12. The van der Waals surface area contributed by atoms with E-state index in [9.17, 15) is 4.79 Å². The van der Waals surface area contributed by atoms with Crippen molar-refractivity contribution < 1.29 is 4.79 Å². The van der Waals surface area contributed by atoms with Gasteiger partial charge in [-0.15, -0.1) is 0 Å². The molecule has 0 atom stereocenters. The zero-order valence-electron chi connectivity index (χ0n) is 14.6. The van der Waals surface area contributed by atoms with Crippen molar-refractivity contribution >= 4 is 11.7 Å². The van der Waals surface area contributed by atoms with E-state index in [0.717, 1.165) is 24.1 Å². The van der Waals surface area contributed by atoms with E-state index in [2.05, 4.69) is 17.2 Å². The first-order valence-corrected chi connectivity index (χ1v) is 8.87. The van der Waals surface area contributed by atoms with E-state index >= 15 is 0 Å². The number of hydrogen-bond donors (Lipinski definition) is 1. The van der Waals surface area contributed by atoms with Gasteiger partial charge in [-0.25, -0.2) is 4.98 Å². The molecular weight excluding hydrogens is 272 g/mol. The lowest BCUT2D eigenvalue weighted by molar-refractivity contribution is -0.116. The summed E-state index contributed by atoms with van der Waals surface area (Å²) in [7, 11) is 0. The lowest BCUT2D eigenvalue weighted by Gasteiger charge is -2.06. The first-order valence-electron chi connectivity index (χ1n) is 8.87. The summed E-state index contributed by atoms with van der Waals surface area (Å²) >= 11 is 0. The SMILES string of the molecule is CCCCCCCCCCCC(=O)Nc1cc(C)cc(C)n1. The number of anilines is 1. The maximum atomic E-state index is 11.9. The minimum atomic E-state index is 0.0837. The molecule has 1 aromatic heterocycles. The number of nitrogens with zero attached hydrogens (tertiary/aromatic N) is 1. The minimum Gasteiger partial charge on any atom is -0.311 e. The number of hydrogen-bond acceptors (Lipinski definition) is 2. The number of amides is 1. The van der Waals surface area contributed by atoms with Crippen molar-refractivity contribution in [3.05, 3.63) is 23.4 Å². The highest BCUT2D eigenvalue weighted by molar-refractivity contribution is 5.89. The second-order valence-electron chi connectivity index (χ2n) is 6.30. The monoisotopic (exact) mass is 304 g/mol. The standard InChI is InChI=1S/C19H32N2O/c1-4-5-6-7-8-9-10-11-12-13-19(22)21-18-15-16(2)14-17(3)20-18/h14-15H,4-13H2,1-3H3,(H,20,21,22). The van der Waals surface area contributed by atoms with E-state index < -0.39 is 0 Å². The van der Waals surface area contributed by atoms with Gasteiger partial charge in [0.2, 0.25) is 5.91 Å². The van der Waals surface area contributed by atoms with Crippen LogP contribution in [0.15, 0.2) is 12.1 Å². The molecule has 0 aliphatic heterocycles. The molecule has 1 aromatic rings. The molecule has 0 spiro atoms. The van der Waals surface area contributed by atoms with Crippen molar-refractivity contribution in [3.63, 3.8) is 0 Å². The third-order valence-corrected chi connectivity index (χ3v) is 3.87. The molecular formula is C19H32N2O. The van der Waals surface area contributed by atoms with Crippen LogP contribution in [0.2, 0.25) is 0 Å². The molecule has 1 N–H and O–H groups in total. The number of rotatable bonds is 11. The van der Waals surface area contributed by atoms with Gasteiger partial charge in [0.25, 0.3) is 0 Å². The largest absolute Gasteiger partial charge is 0.311 e. The Bertz CT molecular complexity index is 423. The third-order valence-electron chi connectivity index (χ3n) is 3.87. The molecule has 124 valence electrons. The predicted molar refractivity (Wildman–Crippen MR) is 94.2 cm³/mol. The van der Waals surface area contributed by atoms with Gasteiger partial charge < -0.3 is 5.32 Å². The highest BCUT2D eigenvalue weighted by atomic mass is 16.1. The minimum absolute atomic E-state index is 0.0837. The Morgan fingerprint density at radius 2 is 1.55 bits per heavy atom. The van der Waals surface area contributed by atoms with Gasteiger partial charge in [0, 0.05) is 12.1 Å². The van der Waals surface area contributed by atoms with Crippen LogP contribution < -0.4 is 5.32 Å². The normalized spacial score (nSPS) is 10.7. The number of aromatic nitrogens is 1. The van der Waals surface area contributed by atoms with Gasteiger partial charge >= 0.3 is 0 Å². The molecule has 22 heavy (non-hydrogen) atoms. The Morgan fingerprint density at radius 1 is 0.955 bits per heavy atom. The number of nitrogens with one attached hydrogen (secondary N) is 1. The van der Waals surface area contributed by atoms with Gasteiger partial charge in [0.1, 0.15) is 5.82 Å². The average Bonchev–Trinajstić information content (AvgIpc) is 2.44. The third kappa shape index (κ3) is 8.81. The Morgan fingerprint density at radius 3 is 2.14 bits per heavy atom. The van der Waals surface area contributed by atoms with E-state index in [-0.39, 0.29) is 5.91 Å². The Kier molecular flexibility index (Phi) is 9.52. The van der Waals surface area contributed by atoms with E-state index in [4.69, 9.17) is 0 Å². The van der Waals surface area contributed by atoms with Crippen molar-refractivity contribution in [3.8, 4) is 0 Å². The van der Waals surface area contributed by atoms with Crippen LogP contribution in [0, 0.1) is 13.8 Å². The van der Waals surface area contributed by atoms with E-state index in [0.29, 0.717) is 12.2 Å². The Labute approximate surface area is 135 Å². The summed E-state index contributed by atoms with van der Waals surface area (Å²) in [6.07, 6.45) is 12.1. The number of aryl methyl sites for hydroxylation is 2. The summed E-state index contributed by atoms with van der Waals surface area (Å²) in [6.45, 7) is 6.21. The number of carbonyl (C=O) groups is 1. The zero-order valence-corrected chi connectivity index (χ0v) is 14.6. The van der Waals surface area contributed by atoms with Crippen molar-refractivity contribution in [1.29, 1.82) is 0 Å². The first kappa shape index (κ1) is 18.7. The summed E-state index contributed by atoms with van der Waals surface area (Å²) in [5.41, 5.74) is 2.07. The van der Waals surface area contributed by atoms with Crippen molar-refractivity contribution in [1.82, 2.24) is 4.98 Å². The molecule has 0 aliphatic carbocycles. The molecule has 0 saturated heterocycles. The van der Waals surface area contributed by atoms with Crippen molar-refractivity contribution in [2.24, 2.45) is 0 Å². The zero-order chi connectivity index (χ0) is 16.2. The number of carbonyl (C=O) groups excluding carboxylic acids is 1. The van der Waals surface area contributed by atoms with Crippen LogP contribution in [-0.2, 0) is 4.79 Å². The molecule has 0 aromatic carbocycles. The molecule has 1 amide bonds. The highest BCUT2D eigenvalue weighted by Gasteiger charge is 2.04. The van der Waals surface area contributed by atoms with Crippen LogP contribution in [0.5, 0.6) is 0 Å². The van der Waals surface area contributed by atoms with Crippen LogP contribution in [-0.4, -0.2) is 10.9 Å². The molecule has 0 radical (unpaired) electrons. The van der Waals surface area contributed by atoms with Gasteiger partial charge in [0.05, 0.1) is 0 Å². The summed E-state index contributed by atoms with van der Waals surface area (Å²) in [4.78, 5) is 16.2. The second kappa shape index (κ2) is 11.2. The van der Waals surface area contributed by atoms with Gasteiger partial charge in [0.15, 0.2) is 0 Å². The number of unbranched alkanes of at least 4 members (excludes halogenated alkanes) is 8. The molecule has 0 bridgehead atoms. The van der Waals surface area contributed by atoms with E-state index in [1.807, 2.05) is 26.0 Å². The molecule has 0 saturated carbocycles. The van der Waals surface area contributed by atoms with Gasteiger partial charge in [-0.2, -0.15) is 0 Å². The topological polar surface area (TPSA) is 42.0 Å². The Hall–Kier alpha value is -1.38. The molecule has 3 nitrogen and oxygen atoms in total. The average molecular weight is 304 g/mol. The summed E-state index contributed by atoms with van der Waals surface area (Å²) < 4.78 is 0. The maximum Gasteiger partial charge on any atom is 0.225 e. The lowest BCUT2D eigenvalue weighted by atomic mass is 10.1. The molecule has 0 aliphatic rings. The summed E-state index contributed by atoms with van der Waals surface area (Å²) in [5.74, 6) is 0.763. The highest BCUT2D eigenvalue weighted by Crippen LogP contribution is 2.12.